The van der Waals surface area contributed by atoms with E-state index in [2.05, 4.69) is 9.47 Å². The first-order chi connectivity index (χ1) is 5.11. The summed E-state index contributed by atoms with van der Waals surface area (Å²) in [6.07, 6.45) is -0.150. The Hall–Kier alpha value is -1.10. The fourth-order valence-electron chi connectivity index (χ4n) is 0.498. The van der Waals surface area contributed by atoms with Crippen LogP contribution in [0.1, 0.15) is 6.42 Å². The van der Waals surface area contributed by atoms with Crippen LogP contribution in [-0.4, -0.2) is 32.2 Å². The van der Waals surface area contributed by atoms with Crippen molar-refractivity contribution in [2.45, 2.75) is 12.5 Å². The van der Waals surface area contributed by atoms with Crippen LogP contribution in [-0.2, 0) is 19.1 Å². The third-order valence-corrected chi connectivity index (χ3v) is 1.12. The highest BCUT2D eigenvalue weighted by atomic mass is 16.5. The van der Waals surface area contributed by atoms with Gasteiger partial charge >= 0.3 is 11.9 Å². The number of hydrogen-bond acceptors (Lipinski definition) is 5. The predicted octanol–water partition coefficient (Wildman–Crippen LogP) is -0.950. The van der Waals surface area contributed by atoms with Gasteiger partial charge in [-0.25, -0.2) is 0 Å². The zero-order chi connectivity index (χ0) is 8.85. The lowest BCUT2D eigenvalue weighted by atomic mass is 10.2. The Balaban J connectivity index is 3.77. The van der Waals surface area contributed by atoms with Gasteiger partial charge in [0, 0.05) is 0 Å². The monoisotopic (exact) mass is 161 g/mol. The molecule has 0 bridgehead atoms. The molecule has 0 radical (unpaired) electrons. The number of nitrogens with two attached hydrogens (primary N) is 1. The van der Waals surface area contributed by atoms with Crippen molar-refractivity contribution in [2.24, 2.45) is 5.73 Å². The quantitative estimate of drug-likeness (QED) is 0.540. The van der Waals surface area contributed by atoms with Crippen molar-refractivity contribution in [3.05, 3.63) is 0 Å². The lowest BCUT2D eigenvalue weighted by molar-refractivity contribution is -0.148. The second kappa shape index (κ2) is 4.68. The molecule has 5 heteroatoms. The molecule has 2 N–H and O–H groups in total. The van der Waals surface area contributed by atoms with E-state index < -0.39 is 18.0 Å². The first kappa shape index (κ1) is 9.90. The molecule has 0 aromatic rings. The van der Waals surface area contributed by atoms with Crippen molar-refractivity contribution in [3.8, 4) is 0 Å². The number of ether oxygens (including phenoxy) is 2. The van der Waals surface area contributed by atoms with Gasteiger partial charge in [0.1, 0.15) is 6.04 Å². The lowest BCUT2D eigenvalue weighted by Gasteiger charge is -2.06. The zero-order valence-corrected chi connectivity index (χ0v) is 6.49. The van der Waals surface area contributed by atoms with Gasteiger partial charge in [0.05, 0.1) is 20.6 Å². The molecule has 0 amide bonds. The summed E-state index contributed by atoms with van der Waals surface area (Å²) in [5.41, 5.74) is 5.23. The van der Waals surface area contributed by atoms with Gasteiger partial charge in [-0.1, -0.05) is 0 Å². The van der Waals surface area contributed by atoms with E-state index in [0.29, 0.717) is 0 Å². The molecule has 0 spiro atoms. The Morgan fingerprint density at radius 3 is 2.27 bits per heavy atom. The normalized spacial score (nSPS) is 11.9. The number of rotatable bonds is 3. The smallest absolute Gasteiger partial charge is 0.323 e. The molecule has 0 rings (SSSR count). The second-order valence-corrected chi connectivity index (χ2v) is 1.91. The highest BCUT2D eigenvalue weighted by molar-refractivity contribution is 5.82. The third kappa shape index (κ3) is 3.57. The average molecular weight is 161 g/mol. The van der Waals surface area contributed by atoms with Crippen LogP contribution in [0.4, 0.5) is 0 Å². The van der Waals surface area contributed by atoms with E-state index >= 15 is 0 Å². The molecule has 1 atom stereocenters. The summed E-state index contributed by atoms with van der Waals surface area (Å²) in [4.78, 5) is 21.1. The molecule has 0 aromatic carbocycles. The van der Waals surface area contributed by atoms with Crippen molar-refractivity contribution in [1.82, 2.24) is 0 Å². The largest absolute Gasteiger partial charge is 0.469 e. The Labute approximate surface area is 64.5 Å². The summed E-state index contributed by atoms with van der Waals surface area (Å²) >= 11 is 0. The van der Waals surface area contributed by atoms with Crippen molar-refractivity contribution in [2.75, 3.05) is 14.2 Å². The van der Waals surface area contributed by atoms with Crippen LogP contribution in [0, 0.1) is 0 Å². The molecule has 11 heavy (non-hydrogen) atoms. The maximum atomic E-state index is 10.6. The van der Waals surface area contributed by atoms with Gasteiger partial charge in [0.25, 0.3) is 0 Å². The maximum Gasteiger partial charge on any atom is 0.323 e. The van der Waals surface area contributed by atoms with Crippen molar-refractivity contribution >= 4 is 11.9 Å². The van der Waals surface area contributed by atoms with Gasteiger partial charge < -0.3 is 15.2 Å². The van der Waals surface area contributed by atoms with Crippen molar-refractivity contribution in [3.63, 3.8) is 0 Å². The van der Waals surface area contributed by atoms with E-state index in [4.69, 9.17) is 5.73 Å². The van der Waals surface area contributed by atoms with E-state index in [1.807, 2.05) is 0 Å². The lowest BCUT2D eigenvalue weighted by Crippen LogP contribution is -2.34. The standard InChI is InChI=1S/C6H11NO4/c1-10-5(8)3-4(7)6(9)11-2/h4H,3,7H2,1-2H3. The van der Waals surface area contributed by atoms with E-state index in [9.17, 15) is 9.59 Å². The Morgan fingerprint density at radius 1 is 1.36 bits per heavy atom. The molecule has 0 fully saturated rings. The van der Waals surface area contributed by atoms with Gasteiger partial charge in [-0.2, -0.15) is 0 Å². The van der Waals surface area contributed by atoms with E-state index in [0.717, 1.165) is 0 Å². The summed E-state index contributed by atoms with van der Waals surface area (Å²) in [6, 6.07) is -0.924. The highest BCUT2D eigenvalue weighted by Crippen LogP contribution is 1.92. The van der Waals surface area contributed by atoms with Crippen LogP contribution < -0.4 is 5.73 Å². The zero-order valence-electron chi connectivity index (χ0n) is 6.49. The molecule has 0 saturated carbocycles. The minimum atomic E-state index is -0.924. The summed E-state index contributed by atoms with van der Waals surface area (Å²) < 4.78 is 8.57. The average Bonchev–Trinajstić information content (AvgIpc) is 2.02. The summed E-state index contributed by atoms with van der Waals surface area (Å²) in [6.45, 7) is 0. The highest BCUT2D eigenvalue weighted by Gasteiger charge is 2.17. The molecular weight excluding hydrogens is 150 g/mol. The maximum absolute atomic E-state index is 10.6. The number of carbonyl (C=O) groups is 2. The molecule has 0 saturated heterocycles. The van der Waals surface area contributed by atoms with Crippen LogP contribution in [0.2, 0.25) is 0 Å². The molecule has 1 unspecified atom stereocenters. The van der Waals surface area contributed by atoms with E-state index in [1.165, 1.54) is 14.2 Å². The number of methoxy groups -OCH3 is 2. The van der Waals surface area contributed by atoms with E-state index in [-0.39, 0.29) is 6.42 Å². The third-order valence-electron chi connectivity index (χ3n) is 1.12. The number of carbonyl (C=O) groups excluding carboxylic acids is 2. The van der Waals surface area contributed by atoms with Crippen molar-refractivity contribution in [1.29, 1.82) is 0 Å². The minimum absolute atomic E-state index is 0.150. The fourth-order valence-corrected chi connectivity index (χ4v) is 0.498. The summed E-state index contributed by atoms with van der Waals surface area (Å²) in [5, 5.41) is 0. The number of hydrogen-bond donors (Lipinski definition) is 1. The summed E-state index contributed by atoms with van der Waals surface area (Å²) in [7, 11) is 2.44. The Bertz CT molecular complexity index is 157. The van der Waals surface area contributed by atoms with Gasteiger partial charge in [0.15, 0.2) is 0 Å². The van der Waals surface area contributed by atoms with Gasteiger partial charge in [-0.05, 0) is 0 Å². The first-order valence-corrected chi connectivity index (χ1v) is 3.02. The molecule has 0 aliphatic heterocycles. The van der Waals surface area contributed by atoms with Crippen LogP contribution in [0.3, 0.4) is 0 Å². The molecule has 64 valence electrons. The van der Waals surface area contributed by atoms with Crippen molar-refractivity contribution < 1.29 is 19.1 Å². The molecule has 0 aliphatic rings. The predicted molar refractivity (Wildman–Crippen MR) is 36.6 cm³/mol. The second-order valence-electron chi connectivity index (χ2n) is 1.91. The molecule has 0 heterocycles. The van der Waals surface area contributed by atoms with Gasteiger partial charge in [-0.15, -0.1) is 0 Å². The van der Waals surface area contributed by atoms with Crippen LogP contribution in [0.5, 0.6) is 0 Å². The summed E-state index contributed by atoms with van der Waals surface area (Å²) in [5.74, 6) is -1.14. The minimum Gasteiger partial charge on any atom is -0.469 e. The molecule has 0 aromatic heterocycles. The van der Waals surface area contributed by atoms with Gasteiger partial charge in [0.2, 0.25) is 0 Å². The molecular formula is C6H11NO4. The molecule has 0 aliphatic carbocycles. The van der Waals surface area contributed by atoms with Gasteiger partial charge in [-0.3, -0.25) is 9.59 Å². The first-order valence-electron chi connectivity index (χ1n) is 3.02. The number of esters is 2. The van der Waals surface area contributed by atoms with E-state index in [1.54, 1.807) is 0 Å². The fraction of sp³-hybridized carbons (Fsp3) is 0.667. The van der Waals surface area contributed by atoms with Crippen LogP contribution in [0.15, 0.2) is 0 Å². The Morgan fingerprint density at radius 2 is 1.91 bits per heavy atom. The SMILES string of the molecule is COC(=O)CC(N)C(=O)OC. The topological polar surface area (TPSA) is 78.6 Å². The van der Waals surface area contributed by atoms with Crippen LogP contribution in [0.25, 0.3) is 0 Å². The van der Waals surface area contributed by atoms with Crippen LogP contribution >= 0.6 is 0 Å². The molecule has 5 nitrogen and oxygen atoms in total. The Kier molecular flexibility index (Phi) is 4.21.